The largest absolute Gasteiger partial charge is 0.347 e. The Morgan fingerprint density at radius 2 is 1.71 bits per heavy atom. The molecular formula is C26H19ClFN3O2S. The number of hydrogen-bond donors (Lipinski definition) is 1. The van der Waals surface area contributed by atoms with Crippen LogP contribution in [-0.2, 0) is 22.6 Å². The van der Waals surface area contributed by atoms with Crippen LogP contribution in [0.3, 0.4) is 0 Å². The lowest BCUT2D eigenvalue weighted by atomic mass is 10.1. The minimum Gasteiger partial charge on any atom is -0.347 e. The van der Waals surface area contributed by atoms with Crippen LogP contribution in [0.5, 0.6) is 0 Å². The highest BCUT2D eigenvalue weighted by atomic mass is 35.5. The highest BCUT2D eigenvalue weighted by Gasteiger charge is 2.40. The Bertz CT molecular complexity index is 1270. The third kappa shape index (κ3) is 5.30. The molecule has 4 rings (SSSR count). The Morgan fingerprint density at radius 3 is 2.35 bits per heavy atom. The molecule has 0 spiro atoms. The fourth-order valence-electron chi connectivity index (χ4n) is 3.51. The highest BCUT2D eigenvalue weighted by molar-refractivity contribution is 8.05. The molecule has 34 heavy (non-hydrogen) atoms. The van der Waals surface area contributed by atoms with Crippen LogP contribution in [0.15, 0.2) is 89.5 Å². The molecule has 1 aliphatic rings. The Kier molecular flexibility index (Phi) is 7.31. The smallest absolute Gasteiger partial charge is 0.264 e. The van der Waals surface area contributed by atoms with E-state index in [-0.39, 0.29) is 28.9 Å². The van der Waals surface area contributed by atoms with Crippen LogP contribution in [0.25, 0.3) is 0 Å². The van der Waals surface area contributed by atoms with Crippen molar-refractivity contribution in [1.82, 2.24) is 5.32 Å². The predicted molar refractivity (Wildman–Crippen MR) is 131 cm³/mol. The third-order valence-electron chi connectivity index (χ3n) is 5.22. The first-order valence-corrected chi connectivity index (χ1v) is 11.7. The Morgan fingerprint density at radius 1 is 1.03 bits per heavy atom. The maximum Gasteiger partial charge on any atom is 0.264 e. The van der Waals surface area contributed by atoms with E-state index < -0.39 is 11.2 Å². The van der Waals surface area contributed by atoms with E-state index in [9.17, 15) is 19.2 Å². The summed E-state index contributed by atoms with van der Waals surface area (Å²) in [6, 6.07) is 23.8. The van der Waals surface area contributed by atoms with Gasteiger partial charge in [-0.25, -0.2) is 4.39 Å². The normalized spacial score (nSPS) is 16.8. The summed E-state index contributed by atoms with van der Waals surface area (Å²) in [5, 5.41) is 12.8. The van der Waals surface area contributed by atoms with Crippen LogP contribution in [0.4, 0.5) is 10.1 Å². The molecule has 3 aromatic rings. The molecule has 0 aromatic heterocycles. The Labute approximate surface area is 205 Å². The van der Waals surface area contributed by atoms with Gasteiger partial charge >= 0.3 is 0 Å². The van der Waals surface area contributed by atoms with Crippen LogP contribution in [0.1, 0.15) is 11.1 Å². The molecule has 170 valence electrons. The van der Waals surface area contributed by atoms with Gasteiger partial charge in [0.15, 0.2) is 0 Å². The predicted octanol–water partition coefficient (Wildman–Crippen LogP) is 5.22. The molecule has 2 amide bonds. The van der Waals surface area contributed by atoms with Crippen molar-refractivity contribution in [3.05, 3.63) is 111 Å². The number of nitrogens with one attached hydrogen (secondary N) is 1. The minimum atomic E-state index is -0.582. The summed E-state index contributed by atoms with van der Waals surface area (Å²) in [5.74, 6) is -1.20. The lowest BCUT2D eigenvalue weighted by Gasteiger charge is -2.19. The van der Waals surface area contributed by atoms with Gasteiger partial charge in [-0.2, -0.15) is 5.26 Å². The van der Waals surface area contributed by atoms with Crippen molar-refractivity contribution in [3.8, 4) is 6.07 Å². The van der Waals surface area contributed by atoms with Crippen molar-refractivity contribution in [2.75, 3.05) is 4.90 Å². The van der Waals surface area contributed by atoms with Crippen molar-refractivity contribution in [2.24, 2.45) is 0 Å². The summed E-state index contributed by atoms with van der Waals surface area (Å²) in [5.41, 5.74) is 2.02. The summed E-state index contributed by atoms with van der Waals surface area (Å²) < 4.78 is 13.3. The number of benzene rings is 3. The lowest BCUT2D eigenvalue weighted by Crippen LogP contribution is -2.32. The fourth-order valence-corrected chi connectivity index (χ4v) is 4.95. The number of hydrogen-bond acceptors (Lipinski definition) is 4. The van der Waals surface area contributed by atoms with Crippen molar-refractivity contribution in [1.29, 1.82) is 5.26 Å². The molecule has 1 heterocycles. The number of anilines is 1. The second kappa shape index (κ2) is 10.6. The molecule has 1 unspecified atom stereocenters. The van der Waals surface area contributed by atoms with Crippen LogP contribution in [0, 0.1) is 17.1 Å². The first kappa shape index (κ1) is 23.6. The van der Waals surface area contributed by atoms with Gasteiger partial charge in [-0.15, -0.1) is 0 Å². The van der Waals surface area contributed by atoms with Gasteiger partial charge in [-0.05, 0) is 53.9 Å². The van der Waals surface area contributed by atoms with Crippen molar-refractivity contribution >= 4 is 40.9 Å². The van der Waals surface area contributed by atoms with E-state index in [0.717, 1.165) is 22.9 Å². The zero-order valence-electron chi connectivity index (χ0n) is 17.9. The second-order valence-electron chi connectivity index (χ2n) is 7.55. The number of nitrogens with zero attached hydrogens (tertiary/aromatic N) is 2. The van der Waals surface area contributed by atoms with E-state index in [0.29, 0.717) is 17.1 Å². The van der Waals surface area contributed by atoms with Crippen molar-refractivity contribution < 1.29 is 14.0 Å². The van der Waals surface area contributed by atoms with Crippen LogP contribution in [0.2, 0.25) is 5.02 Å². The molecule has 0 bridgehead atoms. The Hall–Kier alpha value is -3.60. The highest BCUT2D eigenvalue weighted by Crippen LogP contribution is 2.42. The molecule has 1 atom stereocenters. The maximum absolute atomic E-state index is 13.4. The van der Waals surface area contributed by atoms with Gasteiger partial charge in [0.1, 0.15) is 22.5 Å². The van der Waals surface area contributed by atoms with Crippen molar-refractivity contribution in [3.63, 3.8) is 0 Å². The molecule has 0 radical (unpaired) electrons. The average molecular weight is 492 g/mol. The molecule has 0 saturated carbocycles. The zero-order chi connectivity index (χ0) is 24.1. The van der Waals surface area contributed by atoms with E-state index in [1.54, 1.807) is 36.4 Å². The summed E-state index contributed by atoms with van der Waals surface area (Å²) in [6.07, 6.45) is 0.321. The third-order valence-corrected chi connectivity index (χ3v) is 6.74. The molecule has 8 heteroatoms. The number of carbonyl (C=O) groups is 2. The molecule has 1 aliphatic heterocycles. The Balaban J connectivity index is 1.66. The zero-order valence-corrected chi connectivity index (χ0v) is 19.4. The van der Waals surface area contributed by atoms with E-state index in [1.165, 1.54) is 17.0 Å². The van der Waals surface area contributed by atoms with Crippen LogP contribution in [-0.4, -0.2) is 17.1 Å². The topological polar surface area (TPSA) is 73.2 Å². The molecule has 5 nitrogen and oxygen atoms in total. The standard InChI is InChI=1S/C26H19ClFN3O2S/c27-19-8-12-21(13-9-19)31-25(33)23(14-17-6-10-20(28)11-7-17)34-26(31)22(15-29)24(32)30-16-18-4-2-1-3-5-18/h1-13,23H,14,16H2,(H,30,32)/b26-22-. The fraction of sp³-hybridized carbons (Fsp3) is 0.115. The quantitative estimate of drug-likeness (QED) is 0.379. The number of rotatable bonds is 6. The van der Waals surface area contributed by atoms with Gasteiger partial charge in [0, 0.05) is 17.3 Å². The summed E-state index contributed by atoms with van der Waals surface area (Å²) in [6.45, 7) is 0.247. The first-order valence-electron chi connectivity index (χ1n) is 10.4. The molecule has 1 N–H and O–H groups in total. The molecule has 1 saturated heterocycles. The van der Waals surface area contributed by atoms with E-state index >= 15 is 0 Å². The van der Waals surface area contributed by atoms with Gasteiger partial charge in [-0.1, -0.05) is 65.8 Å². The number of amides is 2. The van der Waals surface area contributed by atoms with Crippen LogP contribution < -0.4 is 10.2 Å². The minimum absolute atomic E-state index is 0.147. The maximum atomic E-state index is 13.4. The number of nitriles is 1. The van der Waals surface area contributed by atoms with Gasteiger partial charge in [0.25, 0.3) is 5.91 Å². The first-order chi connectivity index (χ1) is 16.5. The van der Waals surface area contributed by atoms with Crippen LogP contribution >= 0.6 is 23.4 Å². The van der Waals surface area contributed by atoms with E-state index in [2.05, 4.69) is 5.32 Å². The van der Waals surface area contributed by atoms with Gasteiger partial charge < -0.3 is 5.32 Å². The summed E-state index contributed by atoms with van der Waals surface area (Å²) in [4.78, 5) is 27.8. The van der Waals surface area contributed by atoms with Crippen molar-refractivity contribution in [2.45, 2.75) is 18.2 Å². The molecule has 3 aromatic carbocycles. The van der Waals surface area contributed by atoms with Gasteiger partial charge in [0.2, 0.25) is 5.91 Å². The summed E-state index contributed by atoms with van der Waals surface area (Å²) in [7, 11) is 0. The molecular weight excluding hydrogens is 473 g/mol. The molecule has 0 aliphatic carbocycles. The SMILES string of the molecule is N#C/C(C(=O)NCc1ccccc1)=C1/SC(Cc2ccc(F)cc2)C(=O)N1c1ccc(Cl)cc1. The average Bonchev–Trinajstić information content (AvgIpc) is 3.16. The monoisotopic (exact) mass is 491 g/mol. The number of thioether (sulfide) groups is 1. The second-order valence-corrected chi connectivity index (χ2v) is 9.18. The number of carbonyl (C=O) groups excluding carboxylic acids is 2. The van der Waals surface area contributed by atoms with Gasteiger partial charge in [-0.3, -0.25) is 14.5 Å². The van der Waals surface area contributed by atoms with Gasteiger partial charge in [0.05, 0.1) is 5.25 Å². The van der Waals surface area contributed by atoms with E-state index in [4.69, 9.17) is 11.6 Å². The summed E-state index contributed by atoms with van der Waals surface area (Å²) >= 11 is 7.17. The lowest BCUT2D eigenvalue weighted by molar-refractivity contribution is -0.117. The number of halogens is 2. The van der Waals surface area contributed by atoms with E-state index in [1.807, 2.05) is 36.4 Å². The molecule has 1 fully saturated rings.